The largest absolute Gasteiger partial charge is 0.360 e. The van der Waals surface area contributed by atoms with Crippen molar-refractivity contribution in [2.75, 3.05) is 17.7 Å². The summed E-state index contributed by atoms with van der Waals surface area (Å²) in [6, 6.07) is 7.27. The Balaban J connectivity index is 2.32. The van der Waals surface area contributed by atoms with Gasteiger partial charge in [-0.25, -0.2) is 4.98 Å². The third-order valence-electron chi connectivity index (χ3n) is 2.87. The first-order valence-corrected chi connectivity index (χ1v) is 6.58. The van der Waals surface area contributed by atoms with Gasteiger partial charge in [-0.05, 0) is 18.6 Å². The highest BCUT2D eigenvalue weighted by Crippen LogP contribution is 2.27. The van der Waals surface area contributed by atoms with Crippen LogP contribution in [-0.2, 0) is 6.54 Å². The third-order valence-corrected chi connectivity index (χ3v) is 3.24. The lowest BCUT2D eigenvalue weighted by Gasteiger charge is -2.10. The number of nitrogens with zero attached hydrogens (tertiary/aromatic N) is 3. The molecule has 0 aliphatic carbocycles. The molecule has 2 rings (SSSR count). The Labute approximate surface area is 126 Å². The van der Waals surface area contributed by atoms with Crippen LogP contribution in [-0.4, -0.2) is 21.9 Å². The molecular formula is C13H14ClN5O2. The van der Waals surface area contributed by atoms with Crippen LogP contribution in [0.3, 0.4) is 0 Å². The van der Waals surface area contributed by atoms with Crippen molar-refractivity contribution in [3.63, 3.8) is 0 Å². The summed E-state index contributed by atoms with van der Waals surface area (Å²) >= 11 is 6.06. The Kier molecular flexibility index (Phi) is 4.54. The average molecular weight is 308 g/mol. The molecule has 0 saturated carbocycles. The van der Waals surface area contributed by atoms with Crippen LogP contribution in [0.5, 0.6) is 0 Å². The predicted molar refractivity (Wildman–Crippen MR) is 81.7 cm³/mol. The van der Waals surface area contributed by atoms with E-state index in [-0.39, 0.29) is 11.5 Å². The van der Waals surface area contributed by atoms with Crippen LogP contribution < -0.4 is 10.6 Å². The van der Waals surface area contributed by atoms with Crippen molar-refractivity contribution in [3.8, 4) is 0 Å². The summed E-state index contributed by atoms with van der Waals surface area (Å²) < 4.78 is 0. The molecule has 7 nitrogen and oxygen atoms in total. The van der Waals surface area contributed by atoms with Crippen LogP contribution in [0, 0.1) is 17.0 Å². The van der Waals surface area contributed by atoms with E-state index in [1.807, 2.05) is 18.2 Å². The Morgan fingerprint density at radius 1 is 1.33 bits per heavy atom. The fourth-order valence-corrected chi connectivity index (χ4v) is 2.04. The topological polar surface area (TPSA) is 93.0 Å². The van der Waals surface area contributed by atoms with Crippen LogP contribution in [0.2, 0.25) is 5.02 Å². The van der Waals surface area contributed by atoms with Crippen LogP contribution in [0.4, 0.5) is 17.5 Å². The first kappa shape index (κ1) is 15.0. The molecule has 1 aromatic carbocycles. The Morgan fingerprint density at radius 3 is 2.67 bits per heavy atom. The molecule has 0 amide bonds. The standard InChI is InChI=1S/C13H14ClN5O2/c1-8-11(19(20)21)12(18-13(15-2)17-8)16-7-9-5-3-4-6-10(9)14/h3-6H,7H2,1-2H3,(H2,15,16,17,18). The van der Waals surface area contributed by atoms with Crippen LogP contribution in [0.25, 0.3) is 0 Å². The van der Waals surface area contributed by atoms with Gasteiger partial charge in [-0.3, -0.25) is 10.1 Å². The lowest BCUT2D eigenvalue weighted by Crippen LogP contribution is -2.10. The zero-order chi connectivity index (χ0) is 15.4. The van der Waals surface area contributed by atoms with Crippen molar-refractivity contribution in [3.05, 3.63) is 50.7 Å². The van der Waals surface area contributed by atoms with E-state index < -0.39 is 4.92 Å². The minimum Gasteiger partial charge on any atom is -0.360 e. The molecule has 2 N–H and O–H groups in total. The highest BCUT2D eigenvalue weighted by atomic mass is 35.5. The second kappa shape index (κ2) is 6.36. The van der Waals surface area contributed by atoms with E-state index in [0.717, 1.165) is 5.56 Å². The van der Waals surface area contributed by atoms with Gasteiger partial charge in [-0.2, -0.15) is 4.98 Å². The number of benzene rings is 1. The van der Waals surface area contributed by atoms with E-state index in [1.54, 1.807) is 20.0 Å². The quantitative estimate of drug-likeness (QED) is 0.651. The Hall–Kier alpha value is -2.41. The van der Waals surface area contributed by atoms with Crippen molar-refractivity contribution in [2.45, 2.75) is 13.5 Å². The summed E-state index contributed by atoms with van der Waals surface area (Å²) in [6.45, 7) is 1.90. The summed E-state index contributed by atoms with van der Waals surface area (Å²) in [7, 11) is 1.65. The number of nitro groups is 1. The van der Waals surface area contributed by atoms with E-state index >= 15 is 0 Å². The molecule has 0 bridgehead atoms. The highest BCUT2D eigenvalue weighted by Gasteiger charge is 2.21. The normalized spacial score (nSPS) is 10.2. The molecule has 0 spiro atoms. The smallest absolute Gasteiger partial charge is 0.332 e. The first-order chi connectivity index (χ1) is 10.0. The van der Waals surface area contributed by atoms with Gasteiger partial charge in [0.05, 0.1) is 4.92 Å². The third kappa shape index (κ3) is 3.38. The molecule has 0 saturated heterocycles. The molecule has 21 heavy (non-hydrogen) atoms. The lowest BCUT2D eigenvalue weighted by atomic mass is 10.2. The Bertz CT molecular complexity index is 678. The Morgan fingerprint density at radius 2 is 2.05 bits per heavy atom. The molecule has 1 heterocycles. The monoisotopic (exact) mass is 307 g/mol. The first-order valence-electron chi connectivity index (χ1n) is 6.21. The van der Waals surface area contributed by atoms with E-state index in [9.17, 15) is 10.1 Å². The molecule has 0 fully saturated rings. The average Bonchev–Trinajstić information content (AvgIpc) is 2.45. The molecule has 0 aliphatic rings. The van der Waals surface area contributed by atoms with Gasteiger partial charge in [-0.15, -0.1) is 0 Å². The second-order valence-electron chi connectivity index (χ2n) is 4.28. The number of nitrogens with one attached hydrogen (secondary N) is 2. The fraction of sp³-hybridized carbons (Fsp3) is 0.231. The molecule has 0 radical (unpaired) electrons. The van der Waals surface area contributed by atoms with Crippen molar-refractivity contribution in [1.82, 2.24) is 9.97 Å². The summed E-state index contributed by atoms with van der Waals surface area (Å²) in [5, 5.41) is 17.5. The van der Waals surface area contributed by atoms with Gasteiger partial charge in [-0.1, -0.05) is 29.8 Å². The highest BCUT2D eigenvalue weighted by molar-refractivity contribution is 6.31. The van der Waals surface area contributed by atoms with E-state index in [2.05, 4.69) is 20.6 Å². The van der Waals surface area contributed by atoms with Gasteiger partial charge >= 0.3 is 5.69 Å². The molecule has 0 unspecified atom stereocenters. The fourth-order valence-electron chi connectivity index (χ4n) is 1.84. The predicted octanol–water partition coefficient (Wildman–Crippen LogP) is 3.00. The number of aromatic nitrogens is 2. The number of anilines is 2. The van der Waals surface area contributed by atoms with Gasteiger partial charge in [0.1, 0.15) is 5.69 Å². The summed E-state index contributed by atoms with van der Waals surface area (Å²) in [4.78, 5) is 18.8. The van der Waals surface area contributed by atoms with E-state index in [0.29, 0.717) is 23.2 Å². The number of hydrogen-bond donors (Lipinski definition) is 2. The number of hydrogen-bond acceptors (Lipinski definition) is 6. The number of aryl methyl sites for hydroxylation is 1. The summed E-state index contributed by atoms with van der Waals surface area (Å²) in [5.74, 6) is 0.483. The molecule has 2 aromatic rings. The maximum absolute atomic E-state index is 11.2. The van der Waals surface area contributed by atoms with Crippen molar-refractivity contribution in [2.24, 2.45) is 0 Å². The maximum atomic E-state index is 11.2. The molecular weight excluding hydrogens is 294 g/mol. The van der Waals surface area contributed by atoms with Gasteiger partial charge in [0.25, 0.3) is 0 Å². The minimum atomic E-state index is -0.496. The molecule has 0 atom stereocenters. The summed E-state index contributed by atoms with van der Waals surface area (Å²) in [5.41, 5.74) is 0.984. The number of halogens is 1. The number of rotatable bonds is 5. The van der Waals surface area contributed by atoms with Gasteiger partial charge < -0.3 is 10.6 Å². The molecule has 8 heteroatoms. The van der Waals surface area contributed by atoms with Gasteiger partial charge in [0.15, 0.2) is 0 Å². The van der Waals surface area contributed by atoms with Gasteiger partial charge in [0.2, 0.25) is 11.8 Å². The zero-order valence-corrected chi connectivity index (χ0v) is 12.3. The van der Waals surface area contributed by atoms with Crippen LogP contribution in [0.15, 0.2) is 24.3 Å². The van der Waals surface area contributed by atoms with E-state index in [4.69, 9.17) is 11.6 Å². The second-order valence-corrected chi connectivity index (χ2v) is 4.69. The summed E-state index contributed by atoms with van der Waals surface area (Å²) in [6.07, 6.45) is 0. The molecule has 110 valence electrons. The minimum absolute atomic E-state index is 0.138. The van der Waals surface area contributed by atoms with Crippen LogP contribution >= 0.6 is 11.6 Å². The SMILES string of the molecule is CNc1nc(C)c([N+](=O)[O-])c(NCc2ccccc2Cl)n1. The van der Waals surface area contributed by atoms with Crippen LogP contribution in [0.1, 0.15) is 11.3 Å². The van der Waals surface area contributed by atoms with Crippen molar-refractivity contribution < 1.29 is 4.92 Å². The molecule has 0 aliphatic heterocycles. The van der Waals surface area contributed by atoms with Gasteiger partial charge in [0, 0.05) is 18.6 Å². The van der Waals surface area contributed by atoms with Crippen molar-refractivity contribution >= 4 is 29.1 Å². The molecule has 1 aromatic heterocycles. The van der Waals surface area contributed by atoms with Crippen molar-refractivity contribution in [1.29, 1.82) is 0 Å². The maximum Gasteiger partial charge on any atom is 0.332 e. The lowest BCUT2D eigenvalue weighted by molar-refractivity contribution is -0.385. The van der Waals surface area contributed by atoms with E-state index in [1.165, 1.54) is 0 Å². The zero-order valence-electron chi connectivity index (χ0n) is 11.6.